The zero-order valence-electron chi connectivity index (χ0n) is 15.4. The van der Waals surface area contributed by atoms with Crippen LogP contribution in [0.4, 0.5) is 20.7 Å². The Kier molecular flexibility index (Phi) is 4.39. The van der Waals surface area contributed by atoms with Crippen LogP contribution < -0.4 is 15.8 Å². The standard InChI is InChI=1S/C20H16FN5O3/c1-9-13(7-25-19-16(9)10(6-22)2-3-29-19)12-4-11-5-15(26-20(27)28)24-8-14(11)18(23)17(12)21/h4-5,7-8,10H,2-3,23H2,1H3,(H,24,26)(H,27,28). The number of ether oxygens (including phenoxy) is 1. The number of halogens is 1. The molecule has 0 aliphatic carbocycles. The molecule has 0 saturated heterocycles. The first-order valence-corrected chi connectivity index (χ1v) is 8.80. The van der Waals surface area contributed by atoms with Gasteiger partial charge in [0.05, 0.1) is 24.3 Å². The summed E-state index contributed by atoms with van der Waals surface area (Å²) in [5, 5.41) is 21.4. The van der Waals surface area contributed by atoms with Gasteiger partial charge in [-0.05, 0) is 30.0 Å². The Hall–Kier alpha value is -3.93. The second-order valence-corrected chi connectivity index (χ2v) is 6.71. The van der Waals surface area contributed by atoms with Gasteiger partial charge in [-0.1, -0.05) is 0 Å². The predicted octanol–water partition coefficient (Wildman–Crippen LogP) is 3.81. The number of aromatic nitrogens is 2. The molecule has 29 heavy (non-hydrogen) atoms. The number of rotatable bonds is 2. The molecule has 146 valence electrons. The number of fused-ring (bicyclic) bond motifs is 2. The molecule has 1 amide bonds. The lowest BCUT2D eigenvalue weighted by Crippen LogP contribution is -2.16. The van der Waals surface area contributed by atoms with Gasteiger partial charge in [-0.2, -0.15) is 5.26 Å². The number of nitrogens with zero attached hydrogens (tertiary/aromatic N) is 3. The molecule has 3 aromatic rings. The third-order valence-corrected chi connectivity index (χ3v) is 5.02. The molecule has 3 heterocycles. The molecule has 1 aromatic carbocycles. The van der Waals surface area contributed by atoms with Crippen LogP contribution in [0, 0.1) is 24.1 Å². The van der Waals surface area contributed by atoms with Crippen LogP contribution in [-0.4, -0.2) is 27.8 Å². The van der Waals surface area contributed by atoms with Gasteiger partial charge in [0.15, 0.2) is 5.82 Å². The summed E-state index contributed by atoms with van der Waals surface area (Å²) in [4.78, 5) is 19.1. The molecule has 1 aliphatic rings. The number of nitrogens with two attached hydrogens (primary N) is 1. The molecule has 0 bridgehead atoms. The van der Waals surface area contributed by atoms with Gasteiger partial charge in [-0.15, -0.1) is 0 Å². The summed E-state index contributed by atoms with van der Waals surface area (Å²) in [6.45, 7) is 2.19. The molecule has 4 N–H and O–H groups in total. The maximum atomic E-state index is 15.1. The van der Waals surface area contributed by atoms with Crippen LogP contribution in [0.25, 0.3) is 21.9 Å². The van der Waals surface area contributed by atoms with E-state index in [4.69, 9.17) is 15.6 Å². The number of anilines is 2. The Morgan fingerprint density at radius 3 is 2.90 bits per heavy atom. The minimum Gasteiger partial charge on any atom is -0.477 e. The van der Waals surface area contributed by atoms with Gasteiger partial charge in [-0.3, -0.25) is 5.32 Å². The van der Waals surface area contributed by atoms with Crippen LogP contribution in [0.3, 0.4) is 0 Å². The predicted molar refractivity (Wildman–Crippen MR) is 104 cm³/mol. The number of benzene rings is 1. The largest absolute Gasteiger partial charge is 0.477 e. The first-order valence-electron chi connectivity index (χ1n) is 8.80. The summed E-state index contributed by atoms with van der Waals surface area (Å²) in [5.41, 5.74) is 7.94. The SMILES string of the molecule is Cc1c(-c2cc3cc(NC(=O)O)ncc3c(N)c2F)cnc2c1C(C#N)CCO2. The molecule has 2 aromatic heterocycles. The first-order chi connectivity index (χ1) is 13.9. The quantitative estimate of drug-likeness (QED) is 0.564. The summed E-state index contributed by atoms with van der Waals surface area (Å²) in [7, 11) is 0. The van der Waals surface area contributed by atoms with Gasteiger partial charge in [0.25, 0.3) is 0 Å². The van der Waals surface area contributed by atoms with Crippen molar-refractivity contribution in [2.75, 3.05) is 17.7 Å². The van der Waals surface area contributed by atoms with E-state index in [1.807, 2.05) is 0 Å². The minimum absolute atomic E-state index is 0.0974. The molecule has 4 rings (SSSR count). The fourth-order valence-electron chi connectivity index (χ4n) is 3.61. The van der Waals surface area contributed by atoms with Crippen LogP contribution in [0.15, 0.2) is 24.5 Å². The summed E-state index contributed by atoms with van der Waals surface area (Å²) in [6.07, 6.45) is 2.09. The van der Waals surface area contributed by atoms with Crippen LogP contribution in [0.2, 0.25) is 0 Å². The van der Waals surface area contributed by atoms with E-state index < -0.39 is 11.9 Å². The second kappa shape index (κ2) is 6.91. The average Bonchev–Trinajstić information content (AvgIpc) is 2.70. The van der Waals surface area contributed by atoms with Crippen molar-refractivity contribution >= 4 is 28.4 Å². The number of amides is 1. The highest BCUT2D eigenvalue weighted by Crippen LogP contribution is 2.41. The summed E-state index contributed by atoms with van der Waals surface area (Å²) in [5.74, 6) is -0.536. The van der Waals surface area contributed by atoms with Crippen LogP contribution in [0.5, 0.6) is 5.88 Å². The summed E-state index contributed by atoms with van der Waals surface area (Å²) in [6, 6.07) is 5.29. The zero-order valence-corrected chi connectivity index (χ0v) is 15.4. The number of nitrogen functional groups attached to an aromatic ring is 1. The maximum absolute atomic E-state index is 15.1. The van der Waals surface area contributed by atoms with Gasteiger partial charge < -0.3 is 15.6 Å². The van der Waals surface area contributed by atoms with Crippen molar-refractivity contribution in [2.24, 2.45) is 0 Å². The van der Waals surface area contributed by atoms with Crippen LogP contribution >= 0.6 is 0 Å². The number of hydrogen-bond donors (Lipinski definition) is 3. The van der Waals surface area contributed by atoms with E-state index in [0.717, 1.165) is 0 Å². The molecule has 1 aliphatic heterocycles. The van der Waals surface area contributed by atoms with E-state index in [-0.39, 0.29) is 23.0 Å². The normalized spacial score (nSPS) is 15.3. The van der Waals surface area contributed by atoms with E-state index in [0.29, 0.717) is 46.4 Å². The molecule has 9 heteroatoms. The van der Waals surface area contributed by atoms with Crippen LogP contribution in [0.1, 0.15) is 23.5 Å². The fourth-order valence-corrected chi connectivity index (χ4v) is 3.61. The Balaban J connectivity index is 1.93. The highest BCUT2D eigenvalue weighted by Gasteiger charge is 2.27. The van der Waals surface area contributed by atoms with Crippen molar-refractivity contribution in [3.63, 3.8) is 0 Å². The fraction of sp³-hybridized carbons (Fsp3) is 0.200. The molecular formula is C20H16FN5O3. The molecule has 1 atom stereocenters. The van der Waals surface area contributed by atoms with Gasteiger partial charge in [0.1, 0.15) is 5.82 Å². The number of carboxylic acid groups (broad SMARTS) is 1. The lowest BCUT2D eigenvalue weighted by Gasteiger charge is -2.24. The molecule has 1 unspecified atom stereocenters. The maximum Gasteiger partial charge on any atom is 0.410 e. The Morgan fingerprint density at radius 2 is 2.17 bits per heavy atom. The number of nitrogens with one attached hydrogen (secondary N) is 1. The zero-order chi connectivity index (χ0) is 20.7. The molecule has 8 nitrogen and oxygen atoms in total. The topological polar surface area (TPSA) is 134 Å². The molecule has 0 radical (unpaired) electrons. The summed E-state index contributed by atoms with van der Waals surface area (Å²) < 4.78 is 20.7. The van der Waals surface area contributed by atoms with Crippen molar-refractivity contribution in [1.82, 2.24) is 9.97 Å². The molecule has 0 fully saturated rings. The number of hydrogen-bond acceptors (Lipinski definition) is 6. The van der Waals surface area contributed by atoms with E-state index in [2.05, 4.69) is 21.4 Å². The minimum atomic E-state index is -1.26. The lowest BCUT2D eigenvalue weighted by atomic mass is 9.88. The van der Waals surface area contributed by atoms with Crippen molar-refractivity contribution in [2.45, 2.75) is 19.3 Å². The molecule has 0 spiro atoms. The van der Waals surface area contributed by atoms with Gasteiger partial charge in [0.2, 0.25) is 5.88 Å². The van der Waals surface area contributed by atoms with Crippen molar-refractivity contribution in [3.05, 3.63) is 41.5 Å². The van der Waals surface area contributed by atoms with Crippen molar-refractivity contribution in [1.29, 1.82) is 5.26 Å². The first kappa shape index (κ1) is 18.4. The van der Waals surface area contributed by atoms with E-state index >= 15 is 4.39 Å². The Morgan fingerprint density at radius 1 is 1.38 bits per heavy atom. The van der Waals surface area contributed by atoms with Crippen LogP contribution in [-0.2, 0) is 0 Å². The third kappa shape index (κ3) is 3.04. The average molecular weight is 393 g/mol. The number of nitriles is 1. The highest BCUT2D eigenvalue weighted by molar-refractivity contribution is 5.99. The van der Waals surface area contributed by atoms with Gasteiger partial charge >= 0.3 is 6.09 Å². The third-order valence-electron chi connectivity index (χ3n) is 5.02. The highest BCUT2D eigenvalue weighted by atomic mass is 19.1. The summed E-state index contributed by atoms with van der Waals surface area (Å²) >= 11 is 0. The molecular weight excluding hydrogens is 377 g/mol. The van der Waals surface area contributed by atoms with Crippen molar-refractivity contribution in [3.8, 4) is 23.1 Å². The number of pyridine rings is 2. The van der Waals surface area contributed by atoms with Gasteiger partial charge in [0, 0.05) is 40.9 Å². The van der Waals surface area contributed by atoms with E-state index in [9.17, 15) is 10.1 Å². The van der Waals surface area contributed by atoms with Gasteiger partial charge in [-0.25, -0.2) is 19.2 Å². The number of carbonyl (C=O) groups is 1. The Labute approximate surface area is 164 Å². The van der Waals surface area contributed by atoms with Crippen molar-refractivity contribution < 1.29 is 19.0 Å². The lowest BCUT2D eigenvalue weighted by molar-refractivity contribution is 0.209. The Bertz CT molecular complexity index is 1210. The monoisotopic (exact) mass is 393 g/mol. The van der Waals surface area contributed by atoms with E-state index in [1.54, 1.807) is 13.0 Å². The second-order valence-electron chi connectivity index (χ2n) is 6.71. The molecule has 0 saturated carbocycles. The smallest absolute Gasteiger partial charge is 0.410 e. The van der Waals surface area contributed by atoms with E-state index in [1.165, 1.54) is 18.5 Å².